The minimum atomic E-state index is -0.128. The summed E-state index contributed by atoms with van der Waals surface area (Å²) in [6.07, 6.45) is 1.50. The lowest BCUT2D eigenvalue weighted by atomic mass is 10.2. The summed E-state index contributed by atoms with van der Waals surface area (Å²) in [6, 6.07) is 9.48. The number of rotatable bonds is 1. The van der Waals surface area contributed by atoms with Crippen LogP contribution in [0.25, 0.3) is 0 Å². The second-order valence-electron chi connectivity index (χ2n) is 4.28. The van der Waals surface area contributed by atoms with Crippen molar-refractivity contribution in [1.82, 2.24) is 4.90 Å². The molecule has 0 unspecified atom stereocenters. The maximum atomic E-state index is 12.4. The molecule has 98 valence electrons. The Morgan fingerprint density at radius 3 is 2.89 bits per heavy atom. The Labute approximate surface area is 119 Å². The SMILES string of the molecule is O=C(c1occc1Br)N1CCOc2ccccc2C1. The van der Waals surface area contributed by atoms with Crippen molar-refractivity contribution in [2.24, 2.45) is 0 Å². The van der Waals surface area contributed by atoms with Crippen molar-refractivity contribution in [2.45, 2.75) is 6.54 Å². The molecule has 0 fully saturated rings. The normalized spacial score (nSPS) is 14.5. The number of carbonyl (C=O) groups excluding carboxylic acids is 1. The van der Waals surface area contributed by atoms with Crippen LogP contribution >= 0.6 is 15.9 Å². The Bertz CT molecular complexity index is 608. The van der Waals surface area contributed by atoms with Crippen molar-refractivity contribution in [3.63, 3.8) is 0 Å². The summed E-state index contributed by atoms with van der Waals surface area (Å²) in [5, 5.41) is 0. The molecule has 4 nitrogen and oxygen atoms in total. The third-order valence-electron chi connectivity index (χ3n) is 3.05. The third-order valence-corrected chi connectivity index (χ3v) is 3.68. The number of fused-ring (bicyclic) bond motifs is 1. The predicted octanol–water partition coefficient (Wildman–Crippen LogP) is 3.08. The molecule has 0 spiro atoms. The van der Waals surface area contributed by atoms with Crippen LogP contribution in [0.4, 0.5) is 0 Å². The lowest BCUT2D eigenvalue weighted by molar-refractivity contribution is 0.0700. The van der Waals surface area contributed by atoms with E-state index in [0.717, 1.165) is 11.3 Å². The van der Waals surface area contributed by atoms with Gasteiger partial charge in [-0.1, -0.05) is 18.2 Å². The van der Waals surface area contributed by atoms with E-state index in [0.29, 0.717) is 29.9 Å². The van der Waals surface area contributed by atoms with Crippen LogP contribution in [-0.2, 0) is 6.54 Å². The van der Waals surface area contributed by atoms with Gasteiger partial charge < -0.3 is 14.1 Å². The Kier molecular flexibility index (Phi) is 3.29. The molecule has 2 heterocycles. The van der Waals surface area contributed by atoms with Crippen LogP contribution in [0.1, 0.15) is 16.1 Å². The monoisotopic (exact) mass is 321 g/mol. The molecule has 5 heteroatoms. The van der Waals surface area contributed by atoms with Crippen molar-refractivity contribution in [3.05, 3.63) is 52.4 Å². The highest BCUT2D eigenvalue weighted by molar-refractivity contribution is 9.10. The zero-order valence-corrected chi connectivity index (χ0v) is 11.7. The number of hydrogen-bond acceptors (Lipinski definition) is 3. The summed E-state index contributed by atoms with van der Waals surface area (Å²) >= 11 is 3.31. The highest BCUT2D eigenvalue weighted by Gasteiger charge is 2.24. The number of hydrogen-bond donors (Lipinski definition) is 0. The number of ether oxygens (including phenoxy) is 1. The molecule has 1 aliphatic rings. The number of nitrogens with zero attached hydrogens (tertiary/aromatic N) is 1. The van der Waals surface area contributed by atoms with E-state index in [1.54, 1.807) is 11.0 Å². The molecular weight excluding hydrogens is 310 g/mol. The Morgan fingerprint density at radius 1 is 1.26 bits per heavy atom. The number of benzene rings is 1. The molecule has 0 N–H and O–H groups in total. The number of para-hydroxylation sites is 1. The highest BCUT2D eigenvalue weighted by atomic mass is 79.9. The molecule has 1 aromatic carbocycles. The fourth-order valence-corrected chi connectivity index (χ4v) is 2.46. The van der Waals surface area contributed by atoms with Crippen molar-refractivity contribution in [1.29, 1.82) is 0 Å². The molecule has 1 amide bonds. The van der Waals surface area contributed by atoms with E-state index in [4.69, 9.17) is 9.15 Å². The average Bonchev–Trinajstić information content (AvgIpc) is 2.73. The first-order valence-corrected chi connectivity index (χ1v) is 6.78. The summed E-state index contributed by atoms with van der Waals surface area (Å²) in [5.74, 6) is 1.05. The van der Waals surface area contributed by atoms with Gasteiger partial charge in [-0.2, -0.15) is 0 Å². The van der Waals surface area contributed by atoms with Gasteiger partial charge in [-0.25, -0.2) is 0 Å². The van der Waals surface area contributed by atoms with Crippen LogP contribution in [0.5, 0.6) is 5.75 Å². The molecule has 0 atom stereocenters. The van der Waals surface area contributed by atoms with Crippen molar-refractivity contribution in [2.75, 3.05) is 13.2 Å². The molecule has 3 rings (SSSR count). The van der Waals surface area contributed by atoms with Crippen LogP contribution in [0.2, 0.25) is 0 Å². The van der Waals surface area contributed by atoms with Crippen LogP contribution in [0.3, 0.4) is 0 Å². The second-order valence-corrected chi connectivity index (χ2v) is 5.13. The fraction of sp³-hybridized carbons (Fsp3) is 0.214. The van der Waals surface area contributed by atoms with Gasteiger partial charge in [0.2, 0.25) is 5.76 Å². The molecular formula is C14H12BrNO3. The average molecular weight is 322 g/mol. The molecule has 0 radical (unpaired) electrons. The highest BCUT2D eigenvalue weighted by Crippen LogP contribution is 2.25. The Morgan fingerprint density at radius 2 is 2.11 bits per heavy atom. The number of furan rings is 1. The molecule has 0 saturated heterocycles. The number of halogens is 1. The van der Waals surface area contributed by atoms with Gasteiger partial charge in [0.15, 0.2) is 0 Å². The topological polar surface area (TPSA) is 42.7 Å². The third kappa shape index (κ3) is 2.38. The van der Waals surface area contributed by atoms with E-state index in [2.05, 4.69) is 15.9 Å². The number of carbonyl (C=O) groups is 1. The molecule has 0 aliphatic carbocycles. The summed E-state index contributed by atoms with van der Waals surface area (Å²) in [6.45, 7) is 1.56. The molecule has 19 heavy (non-hydrogen) atoms. The number of amides is 1. The van der Waals surface area contributed by atoms with Gasteiger partial charge in [-0.05, 0) is 28.1 Å². The molecule has 1 aromatic heterocycles. The Balaban J connectivity index is 1.87. The minimum Gasteiger partial charge on any atom is -0.491 e. The van der Waals surface area contributed by atoms with Crippen LogP contribution in [-0.4, -0.2) is 24.0 Å². The van der Waals surface area contributed by atoms with Crippen LogP contribution < -0.4 is 4.74 Å². The summed E-state index contributed by atoms with van der Waals surface area (Å²) in [4.78, 5) is 14.1. The molecule has 2 aromatic rings. The zero-order chi connectivity index (χ0) is 13.2. The maximum absolute atomic E-state index is 12.4. The van der Waals surface area contributed by atoms with E-state index in [-0.39, 0.29) is 5.91 Å². The van der Waals surface area contributed by atoms with Gasteiger partial charge >= 0.3 is 0 Å². The summed E-state index contributed by atoms with van der Waals surface area (Å²) in [5.41, 5.74) is 1.01. The van der Waals surface area contributed by atoms with Gasteiger partial charge in [0, 0.05) is 12.1 Å². The predicted molar refractivity (Wildman–Crippen MR) is 73.1 cm³/mol. The van der Waals surface area contributed by atoms with E-state index < -0.39 is 0 Å². The van der Waals surface area contributed by atoms with Crippen molar-refractivity contribution in [3.8, 4) is 5.75 Å². The van der Waals surface area contributed by atoms with E-state index in [9.17, 15) is 4.79 Å². The van der Waals surface area contributed by atoms with Crippen LogP contribution in [0.15, 0.2) is 45.5 Å². The first-order chi connectivity index (χ1) is 9.25. The lowest BCUT2D eigenvalue weighted by Crippen LogP contribution is -2.32. The van der Waals surface area contributed by atoms with E-state index in [1.165, 1.54) is 6.26 Å². The van der Waals surface area contributed by atoms with Gasteiger partial charge in [-0.15, -0.1) is 0 Å². The summed E-state index contributed by atoms with van der Waals surface area (Å²) < 4.78 is 11.5. The lowest BCUT2D eigenvalue weighted by Gasteiger charge is -2.18. The smallest absolute Gasteiger partial charge is 0.291 e. The van der Waals surface area contributed by atoms with Gasteiger partial charge in [-0.3, -0.25) is 4.79 Å². The van der Waals surface area contributed by atoms with Crippen molar-refractivity contribution >= 4 is 21.8 Å². The molecule has 1 aliphatic heterocycles. The van der Waals surface area contributed by atoms with Crippen LogP contribution in [0, 0.1) is 0 Å². The minimum absolute atomic E-state index is 0.128. The quantitative estimate of drug-likeness (QED) is 0.810. The summed E-state index contributed by atoms with van der Waals surface area (Å²) in [7, 11) is 0. The molecule has 0 bridgehead atoms. The van der Waals surface area contributed by atoms with Gasteiger partial charge in [0.05, 0.1) is 17.3 Å². The maximum Gasteiger partial charge on any atom is 0.291 e. The first kappa shape index (κ1) is 12.3. The molecule has 0 saturated carbocycles. The zero-order valence-electron chi connectivity index (χ0n) is 10.1. The van der Waals surface area contributed by atoms with E-state index >= 15 is 0 Å². The van der Waals surface area contributed by atoms with Gasteiger partial charge in [0.1, 0.15) is 12.4 Å². The van der Waals surface area contributed by atoms with Crippen molar-refractivity contribution < 1.29 is 13.9 Å². The fourth-order valence-electron chi connectivity index (χ4n) is 2.09. The Hall–Kier alpha value is -1.75. The largest absolute Gasteiger partial charge is 0.491 e. The first-order valence-electron chi connectivity index (χ1n) is 5.98. The van der Waals surface area contributed by atoms with E-state index in [1.807, 2.05) is 24.3 Å². The van der Waals surface area contributed by atoms with Gasteiger partial charge in [0.25, 0.3) is 5.91 Å². The second kappa shape index (κ2) is 5.09. The standard InChI is InChI=1S/C14H12BrNO3/c15-11-5-7-19-13(11)14(17)16-6-8-18-12-4-2-1-3-10(12)9-16/h1-5,7H,6,8-9H2.